The number of hydrogen-bond donors (Lipinski definition) is 0. The lowest BCUT2D eigenvalue weighted by molar-refractivity contribution is 0.0589. The fourth-order valence-corrected chi connectivity index (χ4v) is 3.42. The monoisotopic (exact) mass is 510 g/mol. The third-order valence-corrected chi connectivity index (χ3v) is 4.96. The summed E-state index contributed by atoms with van der Waals surface area (Å²) in [4.78, 5) is 30.5. The molecule has 0 aliphatic carbocycles. The van der Waals surface area contributed by atoms with Gasteiger partial charge in [-0.25, -0.2) is 19.6 Å². The largest absolute Gasteiger partial charge is 0.465 e. The van der Waals surface area contributed by atoms with Gasteiger partial charge in [0.15, 0.2) is 0 Å². The lowest BCUT2D eigenvalue weighted by atomic mass is 10.1. The van der Waals surface area contributed by atoms with Gasteiger partial charge in [-0.1, -0.05) is 52.5 Å². The fourth-order valence-electron chi connectivity index (χ4n) is 2.86. The van der Waals surface area contributed by atoms with Crippen LogP contribution in [0.4, 0.5) is 0 Å². The molecule has 174 valence electrons. The van der Waals surface area contributed by atoms with Gasteiger partial charge in [0.1, 0.15) is 26.8 Å². The summed E-state index contributed by atoms with van der Waals surface area (Å²) in [5, 5.41) is 0.544. The van der Waals surface area contributed by atoms with Crippen LogP contribution in [-0.2, 0) is 9.47 Å². The van der Waals surface area contributed by atoms with Crippen LogP contribution >= 0.6 is 34.8 Å². The molecule has 10 heteroatoms. The highest BCUT2D eigenvalue weighted by Gasteiger charge is 2.18. The van der Waals surface area contributed by atoms with Crippen molar-refractivity contribution < 1.29 is 23.8 Å². The molecule has 0 saturated carbocycles. The molecule has 0 radical (unpaired) electrons. The van der Waals surface area contributed by atoms with Gasteiger partial charge in [-0.3, -0.25) is 0 Å². The van der Waals surface area contributed by atoms with Crippen LogP contribution in [0.15, 0.2) is 36.4 Å². The molecule has 2 heterocycles. The molecular formula is C23H21Cl3N2O5. The minimum absolute atomic E-state index is 0.0503. The van der Waals surface area contributed by atoms with Crippen molar-refractivity contribution >= 4 is 46.7 Å². The molecule has 3 aromatic rings. The summed E-state index contributed by atoms with van der Waals surface area (Å²) in [7, 11) is 2.58. The fraction of sp³-hybridized carbons (Fsp3) is 0.217. The molecule has 0 amide bonds. The van der Waals surface area contributed by atoms with Crippen LogP contribution in [0, 0.1) is 20.8 Å². The quantitative estimate of drug-likeness (QED) is 0.295. The van der Waals surface area contributed by atoms with E-state index in [1.54, 1.807) is 0 Å². The molecule has 3 rings (SSSR count). The molecule has 0 spiro atoms. The van der Waals surface area contributed by atoms with E-state index in [0.717, 1.165) is 16.7 Å². The number of ether oxygens (including phenoxy) is 3. The van der Waals surface area contributed by atoms with Crippen molar-refractivity contribution in [3.05, 3.63) is 79.7 Å². The van der Waals surface area contributed by atoms with Crippen LogP contribution in [0.1, 0.15) is 37.4 Å². The van der Waals surface area contributed by atoms with Crippen molar-refractivity contribution in [3.8, 4) is 11.6 Å². The van der Waals surface area contributed by atoms with E-state index in [1.165, 1.54) is 38.5 Å². The molecule has 0 aliphatic rings. The summed E-state index contributed by atoms with van der Waals surface area (Å²) in [5.74, 6) is -0.231. The Morgan fingerprint density at radius 2 is 1.24 bits per heavy atom. The van der Waals surface area contributed by atoms with E-state index in [2.05, 4.69) is 14.7 Å². The second kappa shape index (κ2) is 11.8. The van der Waals surface area contributed by atoms with Gasteiger partial charge in [0, 0.05) is 0 Å². The first-order valence-corrected chi connectivity index (χ1v) is 10.6. The first-order chi connectivity index (χ1) is 15.6. The van der Waals surface area contributed by atoms with Gasteiger partial charge in [-0.15, -0.1) is 0 Å². The molecule has 0 fully saturated rings. The maximum absolute atomic E-state index is 11.8. The molecule has 33 heavy (non-hydrogen) atoms. The van der Waals surface area contributed by atoms with E-state index in [0.29, 0.717) is 5.75 Å². The standard InChI is InChI=1S/C16H16ClNO3.C7H5Cl2NO2/c1-9-7-10(2)14(11(3)8-9)21-15-12(16(19)20-4)5-6-13(17)18-15;1-12-7(11)4-2-3-5(8)10-6(4)9/h5-8H,1-4H3;2-3H,1H3. The third kappa shape index (κ3) is 7.05. The van der Waals surface area contributed by atoms with Gasteiger partial charge < -0.3 is 14.2 Å². The van der Waals surface area contributed by atoms with E-state index in [9.17, 15) is 9.59 Å². The number of carbonyl (C=O) groups excluding carboxylic acids is 2. The Labute approximate surface area is 206 Å². The molecule has 0 bridgehead atoms. The molecule has 0 unspecified atom stereocenters. The van der Waals surface area contributed by atoms with E-state index in [1.807, 2.05) is 32.9 Å². The number of rotatable bonds is 4. The van der Waals surface area contributed by atoms with E-state index >= 15 is 0 Å². The number of benzene rings is 1. The summed E-state index contributed by atoms with van der Waals surface area (Å²) in [6.45, 7) is 5.90. The van der Waals surface area contributed by atoms with E-state index in [4.69, 9.17) is 44.3 Å². The van der Waals surface area contributed by atoms with Crippen molar-refractivity contribution in [1.82, 2.24) is 9.97 Å². The number of hydrogen-bond acceptors (Lipinski definition) is 7. The number of nitrogens with zero attached hydrogens (tertiary/aromatic N) is 2. The summed E-state index contributed by atoms with van der Waals surface area (Å²) in [6, 6.07) is 10.0. The Bertz CT molecular complexity index is 1160. The van der Waals surface area contributed by atoms with Crippen LogP contribution < -0.4 is 4.74 Å². The number of aromatic nitrogens is 2. The van der Waals surface area contributed by atoms with Crippen LogP contribution in [0.5, 0.6) is 11.6 Å². The van der Waals surface area contributed by atoms with E-state index < -0.39 is 11.9 Å². The minimum atomic E-state index is -0.524. The maximum Gasteiger partial charge on any atom is 0.343 e. The van der Waals surface area contributed by atoms with Gasteiger partial charge in [-0.05, 0) is 56.2 Å². The van der Waals surface area contributed by atoms with Crippen molar-refractivity contribution in [1.29, 1.82) is 0 Å². The summed E-state index contributed by atoms with van der Waals surface area (Å²) < 4.78 is 15.0. The predicted molar refractivity (Wildman–Crippen MR) is 127 cm³/mol. The Morgan fingerprint density at radius 1 is 0.758 bits per heavy atom. The zero-order valence-corrected chi connectivity index (χ0v) is 20.8. The predicted octanol–water partition coefficient (Wildman–Crippen LogP) is 6.41. The second-order valence-corrected chi connectivity index (χ2v) is 7.90. The minimum Gasteiger partial charge on any atom is -0.465 e. The smallest absolute Gasteiger partial charge is 0.343 e. The van der Waals surface area contributed by atoms with Gasteiger partial charge >= 0.3 is 11.9 Å². The van der Waals surface area contributed by atoms with Gasteiger partial charge in [0.25, 0.3) is 0 Å². The lowest BCUT2D eigenvalue weighted by Gasteiger charge is -2.14. The Kier molecular flexibility index (Phi) is 9.46. The number of esters is 2. The number of aryl methyl sites for hydroxylation is 3. The Morgan fingerprint density at radius 3 is 1.76 bits per heavy atom. The number of halogens is 3. The van der Waals surface area contributed by atoms with Crippen LogP contribution in [0.3, 0.4) is 0 Å². The summed E-state index contributed by atoms with van der Waals surface area (Å²) in [6.07, 6.45) is 0. The molecule has 0 aliphatic heterocycles. The Balaban J connectivity index is 0.000000273. The van der Waals surface area contributed by atoms with Crippen molar-refractivity contribution in [2.45, 2.75) is 20.8 Å². The average Bonchev–Trinajstić information content (AvgIpc) is 2.75. The van der Waals surface area contributed by atoms with Crippen molar-refractivity contribution in [2.75, 3.05) is 14.2 Å². The number of carbonyl (C=O) groups is 2. The zero-order chi connectivity index (χ0) is 24.7. The maximum atomic E-state index is 11.8. The number of methoxy groups -OCH3 is 2. The summed E-state index contributed by atoms with van der Waals surface area (Å²) >= 11 is 17.0. The van der Waals surface area contributed by atoms with Crippen LogP contribution in [-0.4, -0.2) is 36.1 Å². The first-order valence-electron chi connectivity index (χ1n) is 9.48. The highest BCUT2D eigenvalue weighted by molar-refractivity contribution is 6.34. The summed E-state index contributed by atoms with van der Waals surface area (Å²) in [5.41, 5.74) is 3.52. The van der Waals surface area contributed by atoms with Crippen LogP contribution in [0.25, 0.3) is 0 Å². The average molecular weight is 512 g/mol. The topological polar surface area (TPSA) is 87.6 Å². The van der Waals surface area contributed by atoms with Gasteiger partial charge in [0.2, 0.25) is 5.88 Å². The first kappa shape index (κ1) is 26.4. The Hall–Kier alpha value is -2.87. The van der Waals surface area contributed by atoms with Gasteiger partial charge in [-0.2, -0.15) is 0 Å². The zero-order valence-electron chi connectivity index (χ0n) is 18.5. The highest BCUT2D eigenvalue weighted by atomic mass is 35.5. The molecule has 0 saturated heterocycles. The molecule has 0 N–H and O–H groups in total. The van der Waals surface area contributed by atoms with Crippen molar-refractivity contribution in [3.63, 3.8) is 0 Å². The molecular weight excluding hydrogens is 491 g/mol. The second-order valence-electron chi connectivity index (χ2n) is 6.77. The SMILES string of the molecule is COC(=O)c1ccc(Cl)nc1Cl.COC(=O)c1ccc(Cl)nc1Oc1c(C)cc(C)cc1C. The van der Waals surface area contributed by atoms with Crippen LogP contribution in [0.2, 0.25) is 15.5 Å². The van der Waals surface area contributed by atoms with E-state index in [-0.39, 0.29) is 32.5 Å². The third-order valence-electron chi connectivity index (χ3n) is 4.26. The molecule has 2 aromatic heterocycles. The molecule has 0 atom stereocenters. The highest BCUT2D eigenvalue weighted by Crippen LogP contribution is 2.31. The van der Waals surface area contributed by atoms with Crippen molar-refractivity contribution in [2.24, 2.45) is 0 Å². The number of pyridine rings is 2. The molecule has 1 aromatic carbocycles. The lowest BCUT2D eigenvalue weighted by Crippen LogP contribution is -2.06. The molecule has 7 nitrogen and oxygen atoms in total. The normalized spacial score (nSPS) is 10.1. The van der Waals surface area contributed by atoms with Gasteiger partial charge in [0.05, 0.1) is 19.8 Å².